The van der Waals surface area contributed by atoms with E-state index < -0.39 is 17.9 Å². The van der Waals surface area contributed by atoms with Crippen LogP contribution in [0, 0.1) is 5.92 Å². The summed E-state index contributed by atoms with van der Waals surface area (Å²) in [6.07, 6.45) is 2.49. The van der Waals surface area contributed by atoms with E-state index in [1.807, 2.05) is 30.3 Å². The maximum atomic E-state index is 11.4. The predicted molar refractivity (Wildman–Crippen MR) is 89.3 cm³/mol. The second-order valence-electron chi connectivity index (χ2n) is 5.39. The van der Waals surface area contributed by atoms with Gasteiger partial charge >= 0.3 is 11.9 Å². The Balaban J connectivity index is 2.67. The predicted octanol–water partition coefficient (Wildman–Crippen LogP) is 3.70. The smallest absolute Gasteiger partial charge is 0.306 e. The molecular formula is C17H24O4S. The third-order valence-corrected chi connectivity index (χ3v) is 4.94. The van der Waals surface area contributed by atoms with Crippen LogP contribution in [0.1, 0.15) is 38.2 Å². The molecule has 0 aliphatic rings. The fraction of sp³-hybridized carbons (Fsp3) is 0.529. The molecule has 2 atom stereocenters. The molecule has 1 aromatic rings. The van der Waals surface area contributed by atoms with Gasteiger partial charge in [-0.1, -0.05) is 37.3 Å². The average Bonchev–Trinajstić information content (AvgIpc) is 2.49. The lowest BCUT2D eigenvalue weighted by Gasteiger charge is -2.20. The number of carbonyl (C=O) groups is 2. The Hall–Kier alpha value is -1.49. The van der Waals surface area contributed by atoms with Gasteiger partial charge in [0.15, 0.2) is 0 Å². The molecule has 1 aromatic carbocycles. The van der Waals surface area contributed by atoms with Crippen molar-refractivity contribution in [2.45, 2.75) is 44.3 Å². The number of thioether (sulfide) groups is 1. The Morgan fingerprint density at radius 3 is 2.41 bits per heavy atom. The van der Waals surface area contributed by atoms with E-state index in [4.69, 9.17) is 5.11 Å². The second-order valence-corrected chi connectivity index (χ2v) is 6.79. The summed E-state index contributed by atoms with van der Waals surface area (Å²) in [6, 6.07) is 10.0. The molecule has 0 spiro atoms. The zero-order chi connectivity index (χ0) is 16.4. The molecule has 0 aromatic heterocycles. The summed E-state index contributed by atoms with van der Waals surface area (Å²) in [5, 5.41) is 18.3. The summed E-state index contributed by atoms with van der Waals surface area (Å²) < 4.78 is 0. The molecule has 0 radical (unpaired) electrons. The van der Waals surface area contributed by atoms with Crippen LogP contribution in [0.25, 0.3) is 0 Å². The molecular weight excluding hydrogens is 300 g/mol. The van der Waals surface area contributed by atoms with E-state index in [9.17, 15) is 14.7 Å². The molecule has 4 nitrogen and oxygen atoms in total. The molecule has 0 aliphatic heterocycles. The summed E-state index contributed by atoms with van der Waals surface area (Å²) in [5.74, 6) is -1.43. The minimum absolute atomic E-state index is 0.0898. The first-order valence-electron chi connectivity index (χ1n) is 7.63. The van der Waals surface area contributed by atoms with Gasteiger partial charge in [0.1, 0.15) is 0 Å². The molecule has 122 valence electrons. The van der Waals surface area contributed by atoms with Gasteiger partial charge in [-0.2, -0.15) is 11.8 Å². The van der Waals surface area contributed by atoms with Gasteiger partial charge in [-0.3, -0.25) is 9.59 Å². The van der Waals surface area contributed by atoms with Crippen LogP contribution in [0.4, 0.5) is 0 Å². The number of benzene rings is 1. The fourth-order valence-electron chi connectivity index (χ4n) is 2.33. The second kappa shape index (κ2) is 10.3. The third kappa shape index (κ3) is 7.50. The first-order valence-corrected chi connectivity index (χ1v) is 8.68. The number of aliphatic carboxylic acids is 2. The van der Waals surface area contributed by atoms with Crippen LogP contribution < -0.4 is 0 Å². The Bertz CT molecular complexity index is 461. The molecule has 0 fully saturated rings. The highest BCUT2D eigenvalue weighted by Gasteiger charge is 2.23. The first-order chi connectivity index (χ1) is 10.5. The van der Waals surface area contributed by atoms with Crippen LogP contribution in [-0.2, 0) is 16.0 Å². The van der Waals surface area contributed by atoms with Crippen molar-refractivity contribution < 1.29 is 19.8 Å². The Labute approximate surface area is 135 Å². The van der Waals surface area contributed by atoms with E-state index in [1.165, 1.54) is 5.56 Å². The zero-order valence-electron chi connectivity index (χ0n) is 12.9. The highest BCUT2D eigenvalue weighted by molar-refractivity contribution is 7.99. The van der Waals surface area contributed by atoms with Crippen LogP contribution in [0.3, 0.4) is 0 Å². The van der Waals surface area contributed by atoms with Crippen molar-refractivity contribution in [2.24, 2.45) is 5.92 Å². The van der Waals surface area contributed by atoms with Gasteiger partial charge in [0.25, 0.3) is 0 Å². The number of hydrogen-bond acceptors (Lipinski definition) is 3. The van der Waals surface area contributed by atoms with Crippen LogP contribution in [0.15, 0.2) is 30.3 Å². The lowest BCUT2D eigenvalue weighted by atomic mass is 9.95. The van der Waals surface area contributed by atoms with Crippen LogP contribution in [0.5, 0.6) is 0 Å². The van der Waals surface area contributed by atoms with Crippen molar-refractivity contribution in [3.63, 3.8) is 0 Å². The minimum atomic E-state index is -0.938. The van der Waals surface area contributed by atoms with E-state index in [0.717, 1.165) is 18.6 Å². The van der Waals surface area contributed by atoms with Gasteiger partial charge in [-0.15, -0.1) is 0 Å². The third-order valence-electron chi connectivity index (χ3n) is 3.47. The van der Waals surface area contributed by atoms with Crippen molar-refractivity contribution in [1.29, 1.82) is 0 Å². The standard InChI is InChI=1S/C17H24O4S/c1-2-10-22-15(11-13-6-4-3-5-7-13)12-14(17(20)21)8-9-16(18)19/h3-7,14-15H,2,8-12H2,1H3,(H,18,19)(H,20,21). The summed E-state index contributed by atoms with van der Waals surface area (Å²) in [4.78, 5) is 22.0. The van der Waals surface area contributed by atoms with Crippen molar-refractivity contribution >= 4 is 23.7 Å². The number of carboxylic acid groups (broad SMARTS) is 2. The molecule has 2 N–H and O–H groups in total. The Morgan fingerprint density at radius 2 is 1.86 bits per heavy atom. The van der Waals surface area contributed by atoms with Gasteiger partial charge in [-0.25, -0.2) is 0 Å². The van der Waals surface area contributed by atoms with Gasteiger partial charge in [0.2, 0.25) is 0 Å². The van der Waals surface area contributed by atoms with Crippen molar-refractivity contribution in [3.05, 3.63) is 35.9 Å². The summed E-state index contributed by atoms with van der Waals surface area (Å²) >= 11 is 1.79. The molecule has 5 heteroatoms. The van der Waals surface area contributed by atoms with Crippen molar-refractivity contribution in [1.82, 2.24) is 0 Å². The molecule has 0 bridgehead atoms. The largest absolute Gasteiger partial charge is 0.481 e. The van der Waals surface area contributed by atoms with Crippen molar-refractivity contribution in [2.75, 3.05) is 5.75 Å². The summed E-state index contributed by atoms with van der Waals surface area (Å²) in [6.45, 7) is 2.10. The number of rotatable bonds is 11. The van der Waals surface area contributed by atoms with Gasteiger partial charge in [-0.05, 0) is 37.0 Å². The minimum Gasteiger partial charge on any atom is -0.481 e. The van der Waals surface area contributed by atoms with E-state index in [-0.39, 0.29) is 18.1 Å². The Kier molecular flexibility index (Phi) is 8.67. The molecule has 0 saturated heterocycles. The zero-order valence-corrected chi connectivity index (χ0v) is 13.7. The van der Waals surface area contributed by atoms with Gasteiger partial charge in [0.05, 0.1) is 5.92 Å². The normalized spacial score (nSPS) is 13.5. The maximum Gasteiger partial charge on any atom is 0.306 e. The molecule has 2 unspecified atom stereocenters. The lowest BCUT2D eigenvalue weighted by molar-refractivity contribution is -0.143. The molecule has 0 heterocycles. The highest BCUT2D eigenvalue weighted by Crippen LogP contribution is 2.26. The summed E-state index contributed by atoms with van der Waals surface area (Å²) in [5.41, 5.74) is 1.19. The highest BCUT2D eigenvalue weighted by atomic mass is 32.2. The van der Waals surface area contributed by atoms with Crippen molar-refractivity contribution in [3.8, 4) is 0 Å². The van der Waals surface area contributed by atoms with E-state index >= 15 is 0 Å². The van der Waals surface area contributed by atoms with E-state index in [1.54, 1.807) is 11.8 Å². The summed E-state index contributed by atoms with van der Waals surface area (Å²) in [7, 11) is 0. The van der Waals surface area contributed by atoms with Crippen LogP contribution in [0.2, 0.25) is 0 Å². The van der Waals surface area contributed by atoms with Gasteiger partial charge in [0, 0.05) is 11.7 Å². The number of carboxylic acids is 2. The first kappa shape index (κ1) is 18.6. The molecule has 0 amide bonds. The fourth-order valence-corrected chi connectivity index (χ4v) is 3.58. The Morgan fingerprint density at radius 1 is 1.18 bits per heavy atom. The SMILES string of the molecule is CCCSC(Cc1ccccc1)CC(CCC(=O)O)C(=O)O. The van der Waals surface area contributed by atoms with E-state index in [2.05, 4.69) is 6.92 Å². The monoisotopic (exact) mass is 324 g/mol. The topological polar surface area (TPSA) is 74.6 Å². The lowest BCUT2D eigenvalue weighted by Crippen LogP contribution is -2.22. The molecule has 1 rings (SSSR count). The molecule has 0 saturated carbocycles. The quantitative estimate of drug-likeness (QED) is 0.649. The van der Waals surface area contributed by atoms with Crippen LogP contribution >= 0.6 is 11.8 Å². The number of hydrogen-bond donors (Lipinski definition) is 2. The average molecular weight is 324 g/mol. The van der Waals surface area contributed by atoms with Crippen LogP contribution in [-0.4, -0.2) is 33.2 Å². The molecule has 0 aliphatic carbocycles. The van der Waals surface area contributed by atoms with Gasteiger partial charge < -0.3 is 10.2 Å². The molecule has 22 heavy (non-hydrogen) atoms. The maximum absolute atomic E-state index is 11.4. The van der Waals surface area contributed by atoms with E-state index in [0.29, 0.717) is 6.42 Å².